The summed E-state index contributed by atoms with van der Waals surface area (Å²) >= 11 is 0. The van der Waals surface area contributed by atoms with Crippen molar-refractivity contribution in [3.63, 3.8) is 0 Å². The van der Waals surface area contributed by atoms with Crippen LogP contribution in [-0.2, 0) is 6.42 Å². The van der Waals surface area contributed by atoms with Crippen LogP contribution in [0.4, 0.5) is 0 Å². The van der Waals surface area contributed by atoms with Crippen LogP contribution in [-0.4, -0.2) is 4.98 Å². The maximum atomic E-state index is 4.56. The van der Waals surface area contributed by atoms with Crippen molar-refractivity contribution in [2.75, 3.05) is 0 Å². The molecule has 0 bridgehead atoms. The fourth-order valence-corrected chi connectivity index (χ4v) is 3.17. The average Bonchev–Trinajstić information content (AvgIpc) is 2.56. The molecule has 104 valence electrons. The smallest absolute Gasteiger partial charge is 0.0702 e. The Hall–Kier alpha value is -1.63. The highest BCUT2D eigenvalue weighted by molar-refractivity contribution is 5.59. The van der Waals surface area contributed by atoms with Crippen molar-refractivity contribution in [1.29, 1.82) is 0 Å². The van der Waals surface area contributed by atoms with Gasteiger partial charge in [0.25, 0.3) is 0 Å². The molecule has 0 N–H and O–H groups in total. The highest BCUT2D eigenvalue weighted by Crippen LogP contribution is 2.33. The third-order valence-electron chi connectivity index (χ3n) is 4.52. The third kappa shape index (κ3) is 2.92. The number of nitrogens with zero attached hydrogens (tertiary/aromatic N) is 1. The van der Waals surface area contributed by atoms with Gasteiger partial charge in [-0.15, -0.1) is 0 Å². The molecule has 1 saturated carbocycles. The largest absolute Gasteiger partial charge is 0.256 e. The predicted octanol–water partition coefficient (Wildman–Crippen LogP) is 5.36. The van der Waals surface area contributed by atoms with E-state index in [1.165, 1.54) is 48.8 Å². The molecule has 1 aromatic heterocycles. The van der Waals surface area contributed by atoms with Crippen LogP contribution in [0.1, 0.15) is 56.1 Å². The maximum Gasteiger partial charge on any atom is 0.0702 e. The zero-order valence-corrected chi connectivity index (χ0v) is 12.3. The minimum absolute atomic E-state index is 0.785. The van der Waals surface area contributed by atoms with Crippen molar-refractivity contribution < 1.29 is 0 Å². The van der Waals surface area contributed by atoms with E-state index in [-0.39, 0.29) is 0 Å². The van der Waals surface area contributed by atoms with E-state index in [2.05, 4.69) is 48.3 Å². The van der Waals surface area contributed by atoms with Crippen molar-refractivity contribution in [2.24, 2.45) is 0 Å². The Balaban J connectivity index is 1.77. The molecular weight excluding hydrogens is 242 g/mol. The van der Waals surface area contributed by atoms with Gasteiger partial charge < -0.3 is 0 Å². The lowest BCUT2D eigenvalue weighted by atomic mass is 9.84. The Morgan fingerprint density at radius 2 is 1.70 bits per heavy atom. The molecule has 1 fully saturated rings. The molecule has 1 aromatic carbocycles. The van der Waals surface area contributed by atoms with Crippen molar-refractivity contribution in [3.8, 4) is 11.3 Å². The van der Waals surface area contributed by atoms with Gasteiger partial charge in [-0.2, -0.15) is 0 Å². The molecular formula is C19H23N. The second-order valence-corrected chi connectivity index (χ2v) is 5.86. The molecule has 1 aliphatic rings. The van der Waals surface area contributed by atoms with E-state index in [1.807, 2.05) is 6.20 Å². The Kier molecular flexibility index (Phi) is 4.15. The molecule has 0 spiro atoms. The van der Waals surface area contributed by atoms with Crippen molar-refractivity contribution in [3.05, 3.63) is 53.7 Å². The van der Waals surface area contributed by atoms with Crippen molar-refractivity contribution in [2.45, 2.75) is 51.4 Å². The maximum absolute atomic E-state index is 4.56. The molecule has 2 aromatic rings. The number of aryl methyl sites for hydroxylation is 1. The summed E-state index contributed by atoms with van der Waals surface area (Å²) in [5.41, 5.74) is 5.12. The number of pyridine rings is 1. The van der Waals surface area contributed by atoms with E-state index in [1.54, 1.807) is 0 Å². The topological polar surface area (TPSA) is 12.9 Å². The normalized spacial score (nSPS) is 16.2. The van der Waals surface area contributed by atoms with Gasteiger partial charge in [0.15, 0.2) is 0 Å². The van der Waals surface area contributed by atoms with Gasteiger partial charge in [-0.25, -0.2) is 0 Å². The van der Waals surface area contributed by atoms with E-state index in [4.69, 9.17) is 0 Å². The van der Waals surface area contributed by atoms with Gasteiger partial charge >= 0.3 is 0 Å². The van der Waals surface area contributed by atoms with E-state index in [9.17, 15) is 0 Å². The first-order valence-corrected chi connectivity index (χ1v) is 7.92. The Labute approximate surface area is 122 Å². The first-order chi connectivity index (χ1) is 9.86. The van der Waals surface area contributed by atoms with Crippen LogP contribution in [0.5, 0.6) is 0 Å². The highest BCUT2D eigenvalue weighted by Gasteiger charge is 2.15. The lowest BCUT2D eigenvalue weighted by Gasteiger charge is -2.22. The number of hydrogen-bond donors (Lipinski definition) is 0. The Morgan fingerprint density at radius 3 is 2.30 bits per heavy atom. The number of benzene rings is 1. The van der Waals surface area contributed by atoms with Gasteiger partial charge in [0.1, 0.15) is 0 Å². The minimum Gasteiger partial charge on any atom is -0.256 e. The number of hydrogen-bond acceptors (Lipinski definition) is 1. The second kappa shape index (κ2) is 6.21. The van der Waals surface area contributed by atoms with Crippen molar-refractivity contribution >= 4 is 0 Å². The average molecular weight is 265 g/mol. The summed E-state index contributed by atoms with van der Waals surface area (Å²) in [4.78, 5) is 4.56. The SMILES string of the molecule is CCc1ccc(-c2ccc(C3CCCCC3)cc2)nc1. The molecule has 1 nitrogen and oxygen atoms in total. The molecule has 0 saturated heterocycles. The number of rotatable bonds is 3. The Morgan fingerprint density at radius 1 is 0.950 bits per heavy atom. The first-order valence-electron chi connectivity index (χ1n) is 7.92. The first kappa shape index (κ1) is 13.4. The molecule has 1 heteroatoms. The van der Waals surface area contributed by atoms with E-state index < -0.39 is 0 Å². The van der Waals surface area contributed by atoms with Crippen LogP contribution >= 0.6 is 0 Å². The molecule has 0 atom stereocenters. The minimum atomic E-state index is 0.785. The summed E-state index contributed by atoms with van der Waals surface area (Å²) in [6, 6.07) is 13.4. The van der Waals surface area contributed by atoms with Gasteiger partial charge in [0.05, 0.1) is 5.69 Å². The summed E-state index contributed by atoms with van der Waals surface area (Å²) in [7, 11) is 0. The molecule has 20 heavy (non-hydrogen) atoms. The zero-order chi connectivity index (χ0) is 13.8. The van der Waals surface area contributed by atoms with Crippen molar-refractivity contribution in [1.82, 2.24) is 4.98 Å². The third-order valence-corrected chi connectivity index (χ3v) is 4.52. The highest BCUT2D eigenvalue weighted by atomic mass is 14.7. The van der Waals surface area contributed by atoms with Gasteiger partial charge in [-0.1, -0.05) is 56.5 Å². The molecule has 1 heterocycles. The van der Waals surface area contributed by atoms with Gasteiger partial charge in [0, 0.05) is 11.8 Å². The quantitative estimate of drug-likeness (QED) is 0.728. The standard InChI is InChI=1S/C19H23N/c1-2-15-8-13-19(20-14-15)18-11-9-17(10-12-18)16-6-4-3-5-7-16/h8-14,16H,2-7H2,1H3. The Bertz CT molecular complexity index is 533. The van der Waals surface area contributed by atoms with E-state index in [0.29, 0.717) is 0 Å². The van der Waals surface area contributed by atoms with Crippen LogP contribution in [0.3, 0.4) is 0 Å². The predicted molar refractivity (Wildman–Crippen MR) is 84.9 cm³/mol. The molecule has 0 unspecified atom stereocenters. The summed E-state index contributed by atoms with van der Waals surface area (Å²) in [5, 5.41) is 0. The van der Waals surface area contributed by atoms with Crippen LogP contribution < -0.4 is 0 Å². The number of aromatic nitrogens is 1. The van der Waals surface area contributed by atoms with Gasteiger partial charge in [-0.05, 0) is 42.4 Å². The lowest BCUT2D eigenvalue weighted by molar-refractivity contribution is 0.443. The van der Waals surface area contributed by atoms with E-state index >= 15 is 0 Å². The molecule has 1 aliphatic carbocycles. The summed E-state index contributed by atoms with van der Waals surface area (Å²) in [6.07, 6.45) is 9.98. The monoisotopic (exact) mass is 265 g/mol. The second-order valence-electron chi connectivity index (χ2n) is 5.86. The molecule has 3 rings (SSSR count). The summed E-state index contributed by atoms with van der Waals surface area (Å²) < 4.78 is 0. The molecule has 0 amide bonds. The summed E-state index contributed by atoms with van der Waals surface area (Å²) in [5.74, 6) is 0.785. The molecule has 0 radical (unpaired) electrons. The van der Waals surface area contributed by atoms with Crippen LogP contribution in [0.2, 0.25) is 0 Å². The fraction of sp³-hybridized carbons (Fsp3) is 0.421. The molecule has 0 aliphatic heterocycles. The lowest BCUT2D eigenvalue weighted by Crippen LogP contribution is -2.04. The van der Waals surface area contributed by atoms with Crippen LogP contribution in [0.25, 0.3) is 11.3 Å². The zero-order valence-electron chi connectivity index (χ0n) is 12.3. The van der Waals surface area contributed by atoms with Crippen LogP contribution in [0, 0.1) is 0 Å². The van der Waals surface area contributed by atoms with E-state index in [0.717, 1.165) is 18.0 Å². The van der Waals surface area contributed by atoms with Crippen LogP contribution in [0.15, 0.2) is 42.6 Å². The van der Waals surface area contributed by atoms with Gasteiger partial charge in [-0.3, -0.25) is 4.98 Å². The fourth-order valence-electron chi connectivity index (χ4n) is 3.17. The van der Waals surface area contributed by atoms with Gasteiger partial charge in [0.2, 0.25) is 0 Å². The summed E-state index contributed by atoms with van der Waals surface area (Å²) in [6.45, 7) is 2.16.